The van der Waals surface area contributed by atoms with E-state index >= 15 is 0 Å². The summed E-state index contributed by atoms with van der Waals surface area (Å²) < 4.78 is 4.76. The molecule has 0 unspecified atom stereocenters. The molecule has 0 bridgehead atoms. The minimum absolute atomic E-state index is 0. The molecule has 8 rings (SSSR count). The Balaban J connectivity index is 0.000000138. The normalized spacial score (nSPS) is 10.9. The van der Waals surface area contributed by atoms with Gasteiger partial charge in [-0.2, -0.15) is 0 Å². The van der Waals surface area contributed by atoms with Crippen molar-refractivity contribution in [3.8, 4) is 16.9 Å². The molecule has 3 aromatic heterocycles. The molecule has 7 aromatic rings. The number of aromatic nitrogens is 3. The molecule has 0 radical (unpaired) electrons. The van der Waals surface area contributed by atoms with E-state index in [1.165, 1.54) is 44.1 Å². The summed E-state index contributed by atoms with van der Waals surface area (Å²) in [6, 6.07) is 45.8. The lowest BCUT2D eigenvalue weighted by Crippen LogP contribution is -1.96. The highest BCUT2D eigenvalue weighted by Gasteiger charge is 2.16. The Morgan fingerprint density at radius 1 is 0.452 bits per heavy atom. The van der Waals surface area contributed by atoms with E-state index in [0.29, 0.717) is 0 Å². The molecule has 0 amide bonds. The van der Waals surface area contributed by atoms with Crippen molar-refractivity contribution >= 4 is 69.6 Å². The van der Waals surface area contributed by atoms with Crippen LogP contribution in [0.5, 0.6) is 0 Å². The van der Waals surface area contributed by atoms with Crippen molar-refractivity contribution < 1.29 is 0 Å². The van der Waals surface area contributed by atoms with Crippen LogP contribution in [0.3, 0.4) is 0 Å². The fourth-order valence-electron chi connectivity index (χ4n) is 5.15. The molecule has 0 saturated heterocycles. The second-order valence-electron chi connectivity index (χ2n) is 9.46. The van der Waals surface area contributed by atoms with Gasteiger partial charge >= 0.3 is 0 Å². The van der Waals surface area contributed by atoms with Gasteiger partial charge in [0.25, 0.3) is 0 Å². The van der Waals surface area contributed by atoms with Gasteiger partial charge in [-0.05, 0) is 113 Å². The van der Waals surface area contributed by atoms with Crippen molar-refractivity contribution in [1.29, 1.82) is 0 Å². The molecule has 0 atom stereocenters. The van der Waals surface area contributed by atoms with Gasteiger partial charge in [-0.25, -0.2) is 9.97 Å². The zero-order valence-electron chi connectivity index (χ0n) is 21.9. The number of benzene rings is 4. The first kappa shape index (κ1) is 29.9. The van der Waals surface area contributed by atoms with E-state index in [4.69, 9.17) is 0 Å². The number of nitrogens with zero attached hydrogens (tertiary/aromatic N) is 3. The van der Waals surface area contributed by atoms with Crippen LogP contribution in [0.25, 0.3) is 38.8 Å². The van der Waals surface area contributed by atoms with Gasteiger partial charge in [-0.3, -0.25) is 4.57 Å². The van der Waals surface area contributed by atoms with Crippen LogP contribution < -0.4 is 0 Å². The third-order valence-electron chi connectivity index (χ3n) is 6.90. The van der Waals surface area contributed by atoms with Gasteiger partial charge < -0.3 is 0 Å². The number of para-hydroxylation sites is 2. The first-order valence-electron chi connectivity index (χ1n) is 13.1. The zero-order valence-corrected chi connectivity index (χ0v) is 26.6. The third kappa shape index (κ3) is 6.41. The molecule has 0 spiro atoms. The van der Waals surface area contributed by atoms with Gasteiger partial charge in [0.2, 0.25) is 0 Å². The van der Waals surface area contributed by atoms with Crippen LogP contribution in [-0.4, -0.2) is 14.5 Å². The minimum atomic E-state index is 0. The summed E-state index contributed by atoms with van der Waals surface area (Å²) in [7, 11) is 0. The van der Waals surface area contributed by atoms with E-state index in [1.807, 2.05) is 36.4 Å². The molecule has 1 aliphatic rings. The smallest absolute Gasteiger partial charge is 0.138 e. The Morgan fingerprint density at radius 3 is 1.36 bits per heavy atom. The summed E-state index contributed by atoms with van der Waals surface area (Å²) in [6.07, 6.45) is 1.10. The van der Waals surface area contributed by atoms with Gasteiger partial charge in [0.15, 0.2) is 0 Å². The van der Waals surface area contributed by atoms with Gasteiger partial charge in [0.1, 0.15) is 19.6 Å². The third-order valence-corrected chi connectivity index (χ3v) is 8.22. The van der Waals surface area contributed by atoms with E-state index in [9.17, 15) is 0 Å². The molecule has 0 fully saturated rings. The number of hydrogen-bond donors (Lipinski definition) is 0. The van der Waals surface area contributed by atoms with Crippen molar-refractivity contribution in [3.05, 3.63) is 158 Å². The van der Waals surface area contributed by atoms with Crippen molar-refractivity contribution in [3.63, 3.8) is 0 Å². The fourth-order valence-corrected chi connectivity index (χ4v) is 6.41. The molecule has 42 heavy (non-hydrogen) atoms. The number of halogens is 3. The summed E-state index contributed by atoms with van der Waals surface area (Å²) in [5.41, 5.74) is 8.11. The maximum Gasteiger partial charge on any atom is 0.138 e. The van der Waals surface area contributed by atoms with Gasteiger partial charge in [0.05, 0.1) is 11.0 Å². The molecule has 6 heteroatoms. The van der Waals surface area contributed by atoms with Gasteiger partial charge in [-0.15, -0.1) is 0 Å². The summed E-state index contributed by atoms with van der Waals surface area (Å²) in [5, 5.41) is 2.51. The van der Waals surface area contributed by atoms with E-state index in [-0.39, 0.29) is 7.43 Å². The van der Waals surface area contributed by atoms with Crippen molar-refractivity contribution in [2.24, 2.45) is 0 Å². The lowest BCUT2D eigenvalue weighted by molar-refractivity contribution is 1.07. The lowest BCUT2D eigenvalue weighted by Gasteiger charge is -2.06. The molecular weight excluding hydrogens is 714 g/mol. The highest BCUT2D eigenvalue weighted by atomic mass is 79.9. The highest BCUT2D eigenvalue weighted by Crippen LogP contribution is 2.35. The molecule has 0 aliphatic heterocycles. The average molecular weight is 742 g/mol. The molecule has 0 saturated carbocycles. The summed E-state index contributed by atoms with van der Waals surface area (Å²) in [5.74, 6) is 0.928. The Hall–Kier alpha value is -3.58. The van der Waals surface area contributed by atoms with E-state index in [2.05, 4.69) is 159 Å². The van der Waals surface area contributed by atoms with Crippen LogP contribution in [0.4, 0.5) is 0 Å². The lowest BCUT2D eigenvalue weighted by atomic mass is 10.1. The molecule has 3 nitrogen and oxygen atoms in total. The molecule has 208 valence electrons. The summed E-state index contributed by atoms with van der Waals surface area (Å²) in [6.45, 7) is 0. The predicted octanol–water partition coefficient (Wildman–Crippen LogP) is 11.4. The van der Waals surface area contributed by atoms with Crippen LogP contribution in [0, 0.1) is 0 Å². The van der Waals surface area contributed by atoms with Crippen LogP contribution in [0.15, 0.2) is 147 Å². The number of hydrogen-bond acceptors (Lipinski definition) is 2. The van der Waals surface area contributed by atoms with Crippen LogP contribution >= 0.6 is 47.8 Å². The maximum absolute atomic E-state index is 4.60. The Bertz CT molecular complexity index is 1870. The SMILES string of the molecule is Brc1cccc(-n2c3ccccc3c3ccccc32)n1.Brc1cccc(Br)n1.C.c1ccc2c(c1)Cc1ccccc1-2. The number of rotatable bonds is 1. The number of pyridine rings is 2. The average Bonchev–Trinajstić information content (AvgIpc) is 3.54. The molecular formula is C36H28Br3N3. The predicted molar refractivity (Wildman–Crippen MR) is 187 cm³/mol. The van der Waals surface area contributed by atoms with E-state index in [0.717, 1.165) is 26.0 Å². The van der Waals surface area contributed by atoms with E-state index in [1.54, 1.807) is 0 Å². The van der Waals surface area contributed by atoms with Crippen LogP contribution in [0.2, 0.25) is 0 Å². The molecule has 0 N–H and O–H groups in total. The number of fused-ring (bicyclic) bond motifs is 6. The Labute approximate surface area is 271 Å². The Kier molecular flexibility index (Phi) is 9.68. The van der Waals surface area contributed by atoms with Gasteiger partial charge in [-0.1, -0.05) is 104 Å². The zero-order chi connectivity index (χ0) is 28.2. The quantitative estimate of drug-likeness (QED) is 0.157. The maximum atomic E-state index is 4.60. The largest absolute Gasteiger partial charge is 0.294 e. The highest BCUT2D eigenvalue weighted by molar-refractivity contribution is 9.11. The first-order chi connectivity index (χ1) is 20.1. The van der Waals surface area contributed by atoms with Crippen molar-refractivity contribution in [2.75, 3.05) is 0 Å². The molecule has 1 aliphatic carbocycles. The second kappa shape index (κ2) is 13.6. The van der Waals surface area contributed by atoms with Crippen molar-refractivity contribution in [2.45, 2.75) is 13.8 Å². The van der Waals surface area contributed by atoms with Crippen LogP contribution in [0.1, 0.15) is 18.6 Å². The second-order valence-corrected chi connectivity index (χ2v) is 11.9. The molecule has 4 aromatic carbocycles. The van der Waals surface area contributed by atoms with Gasteiger partial charge in [0, 0.05) is 10.8 Å². The van der Waals surface area contributed by atoms with Crippen molar-refractivity contribution in [1.82, 2.24) is 14.5 Å². The summed E-state index contributed by atoms with van der Waals surface area (Å²) in [4.78, 5) is 8.60. The molecule has 3 heterocycles. The summed E-state index contributed by atoms with van der Waals surface area (Å²) >= 11 is 9.89. The monoisotopic (exact) mass is 739 g/mol. The Morgan fingerprint density at radius 2 is 0.881 bits per heavy atom. The first-order valence-corrected chi connectivity index (χ1v) is 15.5. The fraction of sp³-hybridized carbons (Fsp3) is 0.0556. The van der Waals surface area contributed by atoms with E-state index < -0.39 is 0 Å². The topological polar surface area (TPSA) is 30.7 Å². The minimum Gasteiger partial charge on any atom is -0.294 e. The van der Waals surface area contributed by atoms with Crippen LogP contribution in [-0.2, 0) is 6.42 Å². The standard InChI is InChI=1S/C17H11BrN2.C13H10.C5H3Br2N.CH4/c18-16-10-5-11-17(19-16)20-14-8-3-1-6-12(14)13-7-2-4-9-15(13)20;1-3-7-12-10(5-1)9-11-6-2-4-8-13(11)12;6-4-2-1-3-5(7)8-4;/h1-11H;1-8H,9H2;1-3H;1H4.